The van der Waals surface area contributed by atoms with Crippen molar-refractivity contribution < 1.29 is 19.0 Å². The van der Waals surface area contributed by atoms with Crippen molar-refractivity contribution in [1.82, 2.24) is 0 Å². The van der Waals surface area contributed by atoms with Gasteiger partial charge in [-0.1, -0.05) is 87.1 Å². The molecular weight excluding hydrogens is 448 g/mol. The number of ether oxygens (including phenoxy) is 3. The van der Waals surface area contributed by atoms with Crippen LogP contribution in [0.15, 0.2) is 72.4 Å². The SMILES string of the molecule is C=C1C[C@H](C)C[C@@H]2CC=C[C@@H](C/C=C\C(=O)O[C@H]([C@@H](C)/C=C/[C@@H]3CC(C)=CCO3)C/C=C/[C@@H](C)C1)O2. The van der Waals surface area contributed by atoms with Crippen LogP contribution in [0.3, 0.4) is 0 Å². The van der Waals surface area contributed by atoms with Crippen molar-refractivity contribution in [2.24, 2.45) is 17.8 Å². The lowest BCUT2D eigenvalue weighted by molar-refractivity contribution is -0.144. The molecule has 3 rings (SSSR count). The quantitative estimate of drug-likeness (QED) is 0.302. The molecule has 3 aliphatic heterocycles. The van der Waals surface area contributed by atoms with E-state index in [1.165, 1.54) is 11.1 Å². The highest BCUT2D eigenvalue weighted by Crippen LogP contribution is 2.27. The number of cyclic esters (lactones) is 1. The first-order chi connectivity index (χ1) is 17.3. The van der Waals surface area contributed by atoms with Gasteiger partial charge in [-0.2, -0.15) is 0 Å². The highest BCUT2D eigenvalue weighted by molar-refractivity contribution is 5.82. The molecule has 0 saturated carbocycles. The minimum Gasteiger partial charge on any atom is -0.458 e. The van der Waals surface area contributed by atoms with E-state index in [0.29, 0.717) is 31.3 Å². The maximum atomic E-state index is 12.7. The molecule has 7 atom stereocenters. The second-order valence-corrected chi connectivity index (χ2v) is 11.1. The van der Waals surface area contributed by atoms with E-state index in [9.17, 15) is 4.79 Å². The van der Waals surface area contributed by atoms with Crippen molar-refractivity contribution in [2.75, 3.05) is 6.61 Å². The van der Waals surface area contributed by atoms with E-state index in [4.69, 9.17) is 14.2 Å². The van der Waals surface area contributed by atoms with Gasteiger partial charge in [-0.05, 0) is 57.3 Å². The minimum absolute atomic E-state index is 0.00990. The zero-order valence-corrected chi connectivity index (χ0v) is 22.7. The zero-order chi connectivity index (χ0) is 25.9. The molecule has 0 radical (unpaired) electrons. The van der Waals surface area contributed by atoms with E-state index < -0.39 is 0 Å². The maximum Gasteiger partial charge on any atom is 0.330 e. The summed E-state index contributed by atoms with van der Waals surface area (Å²) in [7, 11) is 0. The fourth-order valence-electron chi connectivity index (χ4n) is 5.27. The Kier molecular flexibility index (Phi) is 11.5. The summed E-state index contributed by atoms with van der Waals surface area (Å²) in [5, 5.41) is 0. The van der Waals surface area contributed by atoms with E-state index >= 15 is 0 Å². The minimum atomic E-state index is -0.297. The summed E-state index contributed by atoms with van der Waals surface area (Å²) in [6, 6.07) is 0. The van der Waals surface area contributed by atoms with Gasteiger partial charge in [0.25, 0.3) is 0 Å². The molecule has 0 N–H and O–H groups in total. The van der Waals surface area contributed by atoms with Crippen molar-refractivity contribution >= 4 is 5.97 Å². The predicted octanol–water partition coefficient (Wildman–Crippen LogP) is 7.44. The lowest BCUT2D eigenvalue weighted by Crippen LogP contribution is -2.26. The van der Waals surface area contributed by atoms with Crippen molar-refractivity contribution in [3.8, 4) is 0 Å². The van der Waals surface area contributed by atoms with Gasteiger partial charge in [0, 0.05) is 18.4 Å². The van der Waals surface area contributed by atoms with Crippen LogP contribution in [-0.4, -0.2) is 37.0 Å². The Hall–Kier alpha value is -2.17. The molecule has 0 aromatic carbocycles. The summed E-state index contributed by atoms with van der Waals surface area (Å²) in [5.74, 6) is 0.715. The van der Waals surface area contributed by atoms with Crippen LogP contribution in [0.1, 0.15) is 72.6 Å². The van der Waals surface area contributed by atoms with Gasteiger partial charge in [0.1, 0.15) is 6.10 Å². The number of esters is 1. The average molecular weight is 495 g/mol. The van der Waals surface area contributed by atoms with E-state index in [1.807, 2.05) is 6.08 Å². The number of allylic oxidation sites excluding steroid dienone is 2. The number of rotatable bonds is 3. The first-order valence-corrected chi connectivity index (χ1v) is 13.8. The zero-order valence-electron chi connectivity index (χ0n) is 22.7. The summed E-state index contributed by atoms with van der Waals surface area (Å²) in [6.07, 6.45) is 24.9. The molecule has 0 amide bonds. The van der Waals surface area contributed by atoms with Crippen LogP contribution in [0.25, 0.3) is 0 Å². The number of hydrogen-bond donors (Lipinski definition) is 0. The van der Waals surface area contributed by atoms with Crippen LogP contribution in [0.2, 0.25) is 0 Å². The van der Waals surface area contributed by atoms with Gasteiger partial charge in [0.05, 0.1) is 24.9 Å². The number of carbonyl (C=O) groups excluding carboxylic acids is 1. The van der Waals surface area contributed by atoms with Gasteiger partial charge < -0.3 is 14.2 Å². The van der Waals surface area contributed by atoms with Gasteiger partial charge in [-0.15, -0.1) is 0 Å². The average Bonchev–Trinajstić information content (AvgIpc) is 2.81. The molecule has 36 heavy (non-hydrogen) atoms. The van der Waals surface area contributed by atoms with Crippen LogP contribution < -0.4 is 0 Å². The molecule has 4 heteroatoms. The van der Waals surface area contributed by atoms with E-state index in [2.05, 4.69) is 76.8 Å². The van der Waals surface area contributed by atoms with Crippen LogP contribution in [-0.2, 0) is 19.0 Å². The molecule has 0 aliphatic carbocycles. The Balaban J connectivity index is 1.70. The summed E-state index contributed by atoms with van der Waals surface area (Å²) >= 11 is 0. The second kappa shape index (κ2) is 14.5. The van der Waals surface area contributed by atoms with E-state index in [0.717, 1.165) is 32.1 Å². The molecular formula is C32H46O4. The standard InChI is InChI=1S/C32H46O4/c1-23-9-6-13-31(27(5)15-16-29-21-24(2)17-18-34-29)36-32(33)14-8-11-28-10-7-12-30(35-28)22-26(4)20-25(3)19-23/h6-10,14-17,23,26-31H,3,11-13,18-22H2,1-2,4-5H3/b9-6+,14-8-,16-15+/t23-,26+,27+,28+,29-,30+,31+/m1/s1. The Morgan fingerprint density at radius 3 is 2.67 bits per heavy atom. The first-order valence-electron chi connectivity index (χ1n) is 13.8. The molecule has 2 bridgehead atoms. The molecule has 0 saturated heterocycles. The van der Waals surface area contributed by atoms with Crippen molar-refractivity contribution in [1.29, 1.82) is 0 Å². The molecule has 0 fully saturated rings. The van der Waals surface area contributed by atoms with Gasteiger partial charge in [0.15, 0.2) is 0 Å². The molecule has 4 nitrogen and oxygen atoms in total. The summed E-state index contributed by atoms with van der Waals surface area (Å²) in [6.45, 7) is 13.8. The highest BCUT2D eigenvalue weighted by atomic mass is 16.5. The van der Waals surface area contributed by atoms with Crippen LogP contribution in [0, 0.1) is 17.8 Å². The van der Waals surface area contributed by atoms with Crippen molar-refractivity contribution in [3.63, 3.8) is 0 Å². The number of fused-ring (bicyclic) bond motifs is 2. The van der Waals surface area contributed by atoms with Crippen LogP contribution >= 0.6 is 0 Å². The monoisotopic (exact) mass is 494 g/mol. The molecule has 0 unspecified atom stereocenters. The van der Waals surface area contributed by atoms with Crippen molar-refractivity contribution in [3.05, 3.63) is 72.4 Å². The molecule has 3 heterocycles. The van der Waals surface area contributed by atoms with Crippen molar-refractivity contribution in [2.45, 2.75) is 97.1 Å². The second-order valence-electron chi connectivity index (χ2n) is 11.1. The molecule has 0 aromatic rings. The van der Waals surface area contributed by atoms with Gasteiger partial charge in [-0.3, -0.25) is 0 Å². The van der Waals surface area contributed by atoms with E-state index in [-0.39, 0.29) is 36.3 Å². The normalized spacial score (nSPS) is 35.8. The Labute approximate surface area is 218 Å². The van der Waals surface area contributed by atoms with Gasteiger partial charge in [0.2, 0.25) is 0 Å². The maximum absolute atomic E-state index is 12.7. The largest absolute Gasteiger partial charge is 0.458 e. The molecule has 0 aromatic heterocycles. The van der Waals surface area contributed by atoms with E-state index in [1.54, 1.807) is 6.08 Å². The fourth-order valence-corrected chi connectivity index (χ4v) is 5.27. The van der Waals surface area contributed by atoms with Crippen LogP contribution in [0.5, 0.6) is 0 Å². The number of hydrogen-bond acceptors (Lipinski definition) is 4. The Morgan fingerprint density at radius 1 is 1.06 bits per heavy atom. The Morgan fingerprint density at radius 2 is 1.86 bits per heavy atom. The lowest BCUT2D eigenvalue weighted by atomic mass is 9.90. The smallest absolute Gasteiger partial charge is 0.330 e. The lowest BCUT2D eigenvalue weighted by Gasteiger charge is -2.28. The fraction of sp³-hybridized carbons (Fsp3) is 0.594. The predicted molar refractivity (Wildman–Crippen MR) is 148 cm³/mol. The van der Waals surface area contributed by atoms with Gasteiger partial charge >= 0.3 is 5.97 Å². The third-order valence-corrected chi connectivity index (χ3v) is 7.23. The molecule has 198 valence electrons. The van der Waals surface area contributed by atoms with Crippen LogP contribution in [0.4, 0.5) is 0 Å². The highest BCUT2D eigenvalue weighted by Gasteiger charge is 2.22. The number of carbonyl (C=O) groups is 1. The van der Waals surface area contributed by atoms with Gasteiger partial charge in [-0.25, -0.2) is 4.79 Å². The summed E-state index contributed by atoms with van der Waals surface area (Å²) < 4.78 is 18.1. The molecule has 3 aliphatic rings. The summed E-state index contributed by atoms with van der Waals surface area (Å²) in [5.41, 5.74) is 2.65. The third-order valence-electron chi connectivity index (χ3n) is 7.23. The topological polar surface area (TPSA) is 44.8 Å². The third kappa shape index (κ3) is 10.1. The summed E-state index contributed by atoms with van der Waals surface area (Å²) in [4.78, 5) is 12.7. The Bertz CT molecular complexity index is 877. The molecule has 0 spiro atoms. The first kappa shape index (κ1) is 28.4.